The van der Waals surface area contributed by atoms with Gasteiger partial charge in [-0.15, -0.1) is 0 Å². The lowest BCUT2D eigenvalue weighted by Crippen LogP contribution is -2.02. The van der Waals surface area contributed by atoms with Crippen molar-refractivity contribution in [2.45, 2.75) is 6.92 Å². The van der Waals surface area contributed by atoms with Crippen molar-refractivity contribution in [3.8, 4) is 11.5 Å². The van der Waals surface area contributed by atoms with Crippen molar-refractivity contribution in [3.63, 3.8) is 0 Å². The smallest absolute Gasteiger partial charge is 0.308 e. The highest BCUT2D eigenvalue weighted by Crippen LogP contribution is 2.40. The molecule has 0 spiro atoms. The Labute approximate surface area is 97.2 Å². The molecule has 4 heteroatoms. The van der Waals surface area contributed by atoms with Crippen molar-refractivity contribution < 1.29 is 14.6 Å². The van der Waals surface area contributed by atoms with Gasteiger partial charge in [0.2, 0.25) is 0 Å². The van der Waals surface area contributed by atoms with Crippen LogP contribution in [-0.2, 0) is 4.79 Å². The number of phenols is 1. The Kier molecular flexibility index (Phi) is 2.71. The van der Waals surface area contributed by atoms with Crippen molar-refractivity contribution in [2.75, 3.05) is 0 Å². The zero-order valence-corrected chi connectivity index (χ0v) is 9.28. The molecule has 0 fully saturated rings. The number of carbonyl (C=O) groups excluding carboxylic acids is 1. The van der Waals surface area contributed by atoms with Gasteiger partial charge in [0.25, 0.3) is 0 Å². The van der Waals surface area contributed by atoms with Crippen LogP contribution in [0.5, 0.6) is 11.5 Å². The van der Waals surface area contributed by atoms with Gasteiger partial charge in [0.05, 0.1) is 5.02 Å². The third kappa shape index (κ3) is 1.82. The van der Waals surface area contributed by atoms with E-state index in [0.29, 0.717) is 5.39 Å². The first kappa shape index (κ1) is 10.8. The van der Waals surface area contributed by atoms with Gasteiger partial charge in [-0.2, -0.15) is 0 Å². The third-order valence-corrected chi connectivity index (χ3v) is 2.46. The van der Waals surface area contributed by atoms with Crippen LogP contribution in [-0.4, -0.2) is 11.1 Å². The maximum atomic E-state index is 10.9. The van der Waals surface area contributed by atoms with E-state index >= 15 is 0 Å². The van der Waals surface area contributed by atoms with Crippen LogP contribution >= 0.6 is 11.6 Å². The quantitative estimate of drug-likeness (QED) is 0.611. The number of carbonyl (C=O) groups is 1. The summed E-state index contributed by atoms with van der Waals surface area (Å²) in [5, 5.41) is 11.4. The number of phenolic OH excluding ortho intramolecular Hbond substituents is 1. The van der Waals surface area contributed by atoms with Gasteiger partial charge in [0, 0.05) is 12.3 Å². The number of aromatic hydroxyl groups is 1. The maximum absolute atomic E-state index is 10.9. The predicted molar refractivity (Wildman–Crippen MR) is 61.9 cm³/mol. The SMILES string of the molecule is CC(=O)Oc1c(O)c(Cl)cc2ccccc12. The molecule has 0 saturated heterocycles. The first-order chi connectivity index (χ1) is 7.59. The number of benzene rings is 2. The van der Waals surface area contributed by atoms with Gasteiger partial charge in [-0.05, 0) is 11.5 Å². The number of hydrogen-bond donors (Lipinski definition) is 1. The van der Waals surface area contributed by atoms with Crippen molar-refractivity contribution >= 4 is 28.3 Å². The lowest BCUT2D eigenvalue weighted by atomic mass is 10.1. The average Bonchev–Trinajstić information content (AvgIpc) is 2.24. The van der Waals surface area contributed by atoms with Crippen LogP contribution < -0.4 is 4.74 Å². The maximum Gasteiger partial charge on any atom is 0.308 e. The summed E-state index contributed by atoms with van der Waals surface area (Å²) in [6.07, 6.45) is 0. The molecule has 0 aliphatic heterocycles. The Morgan fingerprint density at radius 1 is 1.38 bits per heavy atom. The second kappa shape index (κ2) is 4.02. The van der Waals surface area contributed by atoms with Gasteiger partial charge in [-0.1, -0.05) is 35.9 Å². The number of fused-ring (bicyclic) bond motifs is 1. The van der Waals surface area contributed by atoms with E-state index in [9.17, 15) is 9.90 Å². The summed E-state index contributed by atoms with van der Waals surface area (Å²) in [5.41, 5.74) is 0. The van der Waals surface area contributed by atoms with Crippen LogP contribution in [0.4, 0.5) is 0 Å². The largest absolute Gasteiger partial charge is 0.503 e. The van der Waals surface area contributed by atoms with Gasteiger partial charge in [0.1, 0.15) is 0 Å². The van der Waals surface area contributed by atoms with E-state index in [4.69, 9.17) is 16.3 Å². The van der Waals surface area contributed by atoms with Crippen molar-refractivity contribution in [1.82, 2.24) is 0 Å². The first-order valence-corrected chi connectivity index (χ1v) is 5.06. The van der Waals surface area contributed by atoms with Crippen molar-refractivity contribution in [2.24, 2.45) is 0 Å². The summed E-state index contributed by atoms with van der Waals surface area (Å²) in [6.45, 7) is 1.27. The topological polar surface area (TPSA) is 46.5 Å². The molecule has 2 aromatic rings. The molecule has 0 atom stereocenters. The molecule has 16 heavy (non-hydrogen) atoms. The number of hydrogen-bond acceptors (Lipinski definition) is 3. The van der Waals surface area contributed by atoms with Gasteiger partial charge < -0.3 is 9.84 Å². The zero-order valence-electron chi connectivity index (χ0n) is 8.53. The number of rotatable bonds is 1. The molecule has 0 radical (unpaired) electrons. The monoisotopic (exact) mass is 236 g/mol. The van der Waals surface area contributed by atoms with E-state index in [-0.39, 0.29) is 16.5 Å². The Hall–Kier alpha value is -1.74. The van der Waals surface area contributed by atoms with E-state index in [1.807, 2.05) is 12.1 Å². The molecular formula is C12H9ClO3. The van der Waals surface area contributed by atoms with Gasteiger partial charge >= 0.3 is 5.97 Å². The van der Waals surface area contributed by atoms with E-state index in [1.165, 1.54) is 6.92 Å². The summed E-state index contributed by atoms with van der Waals surface area (Å²) < 4.78 is 4.97. The number of esters is 1. The third-order valence-electron chi connectivity index (χ3n) is 2.17. The summed E-state index contributed by atoms with van der Waals surface area (Å²) in [5.74, 6) is -0.603. The standard InChI is InChI=1S/C12H9ClO3/c1-7(14)16-12-9-5-3-2-4-8(9)6-10(13)11(12)15/h2-6,15H,1H3. The first-order valence-electron chi connectivity index (χ1n) is 4.68. The molecule has 3 nitrogen and oxygen atoms in total. The second-order valence-corrected chi connectivity index (χ2v) is 3.76. The number of ether oxygens (including phenoxy) is 1. The minimum Gasteiger partial charge on any atom is -0.503 e. The predicted octanol–water partition coefficient (Wildman–Crippen LogP) is 3.12. The minimum absolute atomic E-state index is 0.107. The highest BCUT2D eigenvalue weighted by molar-refractivity contribution is 6.33. The van der Waals surface area contributed by atoms with Gasteiger partial charge in [-0.25, -0.2) is 0 Å². The van der Waals surface area contributed by atoms with Gasteiger partial charge in [0.15, 0.2) is 11.5 Å². The van der Waals surface area contributed by atoms with Crippen LogP contribution in [0.2, 0.25) is 5.02 Å². The number of halogens is 1. The zero-order chi connectivity index (χ0) is 11.7. The molecule has 0 unspecified atom stereocenters. The molecule has 2 rings (SSSR count). The van der Waals surface area contributed by atoms with Crippen molar-refractivity contribution in [1.29, 1.82) is 0 Å². The van der Waals surface area contributed by atoms with E-state index in [0.717, 1.165) is 5.39 Å². The van der Waals surface area contributed by atoms with E-state index in [1.54, 1.807) is 18.2 Å². The average molecular weight is 237 g/mol. The highest BCUT2D eigenvalue weighted by atomic mass is 35.5. The molecule has 2 aromatic carbocycles. The lowest BCUT2D eigenvalue weighted by Gasteiger charge is -2.09. The normalized spacial score (nSPS) is 10.4. The summed E-state index contributed by atoms with van der Waals surface area (Å²) in [7, 11) is 0. The molecule has 1 N–H and O–H groups in total. The molecule has 0 aliphatic rings. The molecule has 0 heterocycles. The summed E-state index contributed by atoms with van der Waals surface area (Å²) in [4.78, 5) is 10.9. The fourth-order valence-corrected chi connectivity index (χ4v) is 1.72. The summed E-state index contributed by atoms with van der Waals surface area (Å²) in [6, 6.07) is 8.84. The Balaban J connectivity index is 2.76. The Bertz CT molecular complexity index is 563. The van der Waals surface area contributed by atoms with Crippen LogP contribution in [0.15, 0.2) is 30.3 Å². The lowest BCUT2D eigenvalue weighted by molar-refractivity contribution is -0.131. The molecule has 0 amide bonds. The summed E-state index contributed by atoms with van der Waals surface area (Å²) >= 11 is 5.83. The second-order valence-electron chi connectivity index (χ2n) is 3.35. The minimum atomic E-state index is -0.497. The van der Waals surface area contributed by atoms with Crippen LogP contribution in [0.1, 0.15) is 6.92 Å². The van der Waals surface area contributed by atoms with Crippen LogP contribution in [0.25, 0.3) is 10.8 Å². The fourth-order valence-electron chi connectivity index (χ4n) is 1.52. The molecule has 0 aliphatic carbocycles. The van der Waals surface area contributed by atoms with Crippen LogP contribution in [0, 0.1) is 0 Å². The van der Waals surface area contributed by atoms with Gasteiger partial charge in [-0.3, -0.25) is 4.79 Å². The molecule has 0 saturated carbocycles. The van der Waals surface area contributed by atoms with Crippen LogP contribution in [0.3, 0.4) is 0 Å². The molecule has 0 bridgehead atoms. The molecule has 0 aromatic heterocycles. The highest BCUT2D eigenvalue weighted by Gasteiger charge is 2.14. The Morgan fingerprint density at radius 3 is 2.75 bits per heavy atom. The fraction of sp³-hybridized carbons (Fsp3) is 0.0833. The molecular weight excluding hydrogens is 228 g/mol. The van der Waals surface area contributed by atoms with E-state index < -0.39 is 5.97 Å². The van der Waals surface area contributed by atoms with Crippen molar-refractivity contribution in [3.05, 3.63) is 35.4 Å². The van der Waals surface area contributed by atoms with E-state index in [2.05, 4.69) is 0 Å². The molecule has 82 valence electrons. The Morgan fingerprint density at radius 2 is 2.06 bits per heavy atom.